The van der Waals surface area contributed by atoms with Crippen molar-refractivity contribution < 1.29 is 19.1 Å². The van der Waals surface area contributed by atoms with Crippen molar-refractivity contribution in [1.29, 1.82) is 0 Å². The average Bonchev–Trinajstić information content (AvgIpc) is 2.85. The van der Waals surface area contributed by atoms with Gasteiger partial charge in [-0.25, -0.2) is 0 Å². The second-order valence-electron chi connectivity index (χ2n) is 5.32. The Morgan fingerprint density at radius 1 is 1.08 bits per heavy atom. The lowest BCUT2D eigenvalue weighted by molar-refractivity contribution is -0.137. The third kappa shape index (κ3) is 3.08. The zero-order chi connectivity index (χ0) is 18.0. The Labute approximate surface area is 149 Å². The SMILES string of the molecule is COc1ccc(C2=C(Cl)C(=O)N(Cc3cccnc3)C2=O)cc1OC. The normalized spacial score (nSPS) is 14.3. The van der Waals surface area contributed by atoms with E-state index < -0.39 is 11.8 Å². The molecule has 1 aliphatic rings. The molecule has 0 radical (unpaired) electrons. The number of hydrogen-bond donors (Lipinski definition) is 0. The maximum absolute atomic E-state index is 12.8. The topological polar surface area (TPSA) is 68.7 Å². The van der Waals surface area contributed by atoms with E-state index in [9.17, 15) is 9.59 Å². The zero-order valence-corrected chi connectivity index (χ0v) is 14.4. The molecule has 6 nitrogen and oxygen atoms in total. The van der Waals surface area contributed by atoms with E-state index in [1.165, 1.54) is 14.2 Å². The van der Waals surface area contributed by atoms with Crippen molar-refractivity contribution in [2.24, 2.45) is 0 Å². The minimum absolute atomic E-state index is 0.110. The molecule has 2 aromatic rings. The van der Waals surface area contributed by atoms with Gasteiger partial charge in [-0.3, -0.25) is 19.5 Å². The number of ether oxygens (including phenoxy) is 2. The van der Waals surface area contributed by atoms with Crippen LogP contribution < -0.4 is 9.47 Å². The van der Waals surface area contributed by atoms with Crippen LogP contribution in [-0.2, 0) is 16.1 Å². The second kappa shape index (κ2) is 6.94. The monoisotopic (exact) mass is 358 g/mol. The highest BCUT2D eigenvalue weighted by Gasteiger charge is 2.38. The van der Waals surface area contributed by atoms with Crippen molar-refractivity contribution in [3.63, 3.8) is 0 Å². The van der Waals surface area contributed by atoms with Crippen LogP contribution in [-0.4, -0.2) is 35.9 Å². The van der Waals surface area contributed by atoms with E-state index in [1.807, 2.05) is 0 Å². The summed E-state index contributed by atoms with van der Waals surface area (Å²) >= 11 is 6.17. The van der Waals surface area contributed by atoms with E-state index in [0.29, 0.717) is 17.1 Å². The molecule has 7 heteroatoms. The molecule has 128 valence electrons. The first-order valence-corrected chi connectivity index (χ1v) is 7.82. The number of carbonyl (C=O) groups excluding carboxylic acids is 2. The van der Waals surface area contributed by atoms with Gasteiger partial charge in [-0.15, -0.1) is 0 Å². The molecule has 1 aliphatic heterocycles. The lowest BCUT2D eigenvalue weighted by Crippen LogP contribution is -2.30. The fourth-order valence-corrected chi connectivity index (χ4v) is 2.90. The van der Waals surface area contributed by atoms with Crippen LogP contribution >= 0.6 is 11.6 Å². The number of nitrogens with zero attached hydrogens (tertiary/aromatic N) is 2. The van der Waals surface area contributed by atoms with Crippen molar-refractivity contribution in [1.82, 2.24) is 9.88 Å². The minimum Gasteiger partial charge on any atom is -0.493 e. The summed E-state index contributed by atoms with van der Waals surface area (Å²) in [5.74, 6) is -0.0127. The first-order chi connectivity index (χ1) is 12.1. The lowest BCUT2D eigenvalue weighted by Gasteiger charge is -2.15. The second-order valence-corrected chi connectivity index (χ2v) is 5.69. The molecule has 0 unspecified atom stereocenters. The Kier molecular flexibility index (Phi) is 4.72. The van der Waals surface area contributed by atoms with Gasteiger partial charge in [-0.05, 0) is 29.3 Å². The first kappa shape index (κ1) is 17.0. The first-order valence-electron chi connectivity index (χ1n) is 7.44. The largest absolute Gasteiger partial charge is 0.493 e. The minimum atomic E-state index is -0.527. The Bertz CT molecular complexity index is 865. The lowest BCUT2D eigenvalue weighted by atomic mass is 10.1. The van der Waals surface area contributed by atoms with Crippen LogP contribution in [0.25, 0.3) is 5.57 Å². The van der Waals surface area contributed by atoms with Gasteiger partial charge in [0, 0.05) is 12.4 Å². The van der Waals surface area contributed by atoms with Crippen molar-refractivity contribution >= 4 is 29.0 Å². The predicted molar refractivity (Wildman–Crippen MR) is 92.1 cm³/mol. The maximum atomic E-state index is 12.8. The molecule has 3 rings (SSSR count). The summed E-state index contributed by atoms with van der Waals surface area (Å²) < 4.78 is 10.4. The number of rotatable bonds is 5. The molecule has 0 bridgehead atoms. The van der Waals surface area contributed by atoms with Crippen LogP contribution in [0.1, 0.15) is 11.1 Å². The summed E-state index contributed by atoms with van der Waals surface area (Å²) in [6.45, 7) is 0.110. The third-order valence-electron chi connectivity index (χ3n) is 3.85. The van der Waals surface area contributed by atoms with Crippen molar-refractivity contribution in [2.45, 2.75) is 6.54 Å². The molecular weight excluding hydrogens is 344 g/mol. The van der Waals surface area contributed by atoms with E-state index in [4.69, 9.17) is 21.1 Å². The molecule has 2 heterocycles. The Balaban J connectivity index is 1.94. The van der Waals surface area contributed by atoms with E-state index >= 15 is 0 Å². The average molecular weight is 359 g/mol. The molecule has 25 heavy (non-hydrogen) atoms. The molecule has 0 saturated heterocycles. The number of methoxy groups -OCH3 is 2. The van der Waals surface area contributed by atoms with Crippen LogP contribution in [0.2, 0.25) is 0 Å². The fraction of sp³-hybridized carbons (Fsp3) is 0.167. The van der Waals surface area contributed by atoms with E-state index in [2.05, 4.69) is 4.98 Å². The van der Waals surface area contributed by atoms with E-state index in [0.717, 1.165) is 10.5 Å². The molecule has 0 atom stereocenters. The van der Waals surface area contributed by atoms with Gasteiger partial charge in [0.2, 0.25) is 0 Å². The van der Waals surface area contributed by atoms with Crippen LogP contribution in [0.3, 0.4) is 0 Å². The quantitative estimate of drug-likeness (QED) is 0.768. The Morgan fingerprint density at radius 3 is 2.48 bits per heavy atom. The standard InChI is InChI=1S/C18H15ClN2O4/c1-24-13-6-5-12(8-14(13)25-2)15-16(19)18(23)21(17(15)22)10-11-4-3-7-20-9-11/h3-9H,10H2,1-2H3. The number of benzene rings is 1. The fourth-order valence-electron chi connectivity index (χ4n) is 2.61. The van der Waals surface area contributed by atoms with Crippen molar-refractivity contribution in [3.05, 3.63) is 58.9 Å². The molecule has 0 N–H and O–H groups in total. The van der Waals surface area contributed by atoms with E-state index in [-0.39, 0.29) is 17.2 Å². The molecule has 2 amide bonds. The van der Waals surface area contributed by atoms with Gasteiger partial charge in [-0.1, -0.05) is 23.7 Å². The van der Waals surface area contributed by atoms with Crippen molar-refractivity contribution in [2.75, 3.05) is 14.2 Å². The predicted octanol–water partition coefficient (Wildman–Crippen LogP) is 2.62. The highest BCUT2D eigenvalue weighted by Crippen LogP contribution is 2.36. The molecule has 1 aromatic heterocycles. The van der Waals surface area contributed by atoms with Crippen LogP contribution in [0.15, 0.2) is 47.8 Å². The van der Waals surface area contributed by atoms with Gasteiger partial charge in [-0.2, -0.15) is 0 Å². The molecule has 0 saturated carbocycles. The van der Waals surface area contributed by atoms with Gasteiger partial charge < -0.3 is 9.47 Å². The molecule has 0 spiro atoms. The number of carbonyl (C=O) groups is 2. The summed E-state index contributed by atoms with van der Waals surface area (Å²) in [5, 5.41) is -0.110. The molecule has 0 fully saturated rings. The number of halogens is 1. The number of pyridine rings is 1. The number of imide groups is 1. The Morgan fingerprint density at radius 2 is 1.84 bits per heavy atom. The van der Waals surface area contributed by atoms with Gasteiger partial charge in [0.05, 0.1) is 26.3 Å². The van der Waals surface area contributed by atoms with Crippen LogP contribution in [0.5, 0.6) is 11.5 Å². The molecule has 1 aromatic carbocycles. The van der Waals surface area contributed by atoms with Gasteiger partial charge in [0.15, 0.2) is 11.5 Å². The third-order valence-corrected chi connectivity index (χ3v) is 4.20. The van der Waals surface area contributed by atoms with E-state index in [1.54, 1.807) is 42.7 Å². The molecule has 0 aliphatic carbocycles. The van der Waals surface area contributed by atoms with Crippen LogP contribution in [0, 0.1) is 0 Å². The van der Waals surface area contributed by atoms with Crippen molar-refractivity contribution in [3.8, 4) is 11.5 Å². The number of aromatic nitrogens is 1. The van der Waals surface area contributed by atoms with Gasteiger partial charge >= 0.3 is 0 Å². The highest BCUT2D eigenvalue weighted by molar-refractivity contribution is 6.55. The van der Waals surface area contributed by atoms with Crippen LogP contribution in [0.4, 0.5) is 0 Å². The smallest absolute Gasteiger partial charge is 0.273 e. The Hall–Kier alpha value is -2.86. The number of hydrogen-bond acceptors (Lipinski definition) is 5. The summed E-state index contributed by atoms with van der Waals surface area (Å²) in [6.07, 6.45) is 3.22. The summed E-state index contributed by atoms with van der Waals surface area (Å²) in [6, 6.07) is 8.47. The van der Waals surface area contributed by atoms with Gasteiger partial charge in [0.25, 0.3) is 11.8 Å². The summed E-state index contributed by atoms with van der Waals surface area (Å²) in [4.78, 5) is 30.3. The summed E-state index contributed by atoms with van der Waals surface area (Å²) in [7, 11) is 3.01. The maximum Gasteiger partial charge on any atom is 0.273 e. The summed E-state index contributed by atoms with van der Waals surface area (Å²) in [5.41, 5.74) is 1.38. The highest BCUT2D eigenvalue weighted by atomic mass is 35.5. The number of amides is 2. The molecular formula is C18H15ClN2O4. The van der Waals surface area contributed by atoms with Gasteiger partial charge in [0.1, 0.15) is 5.03 Å². The zero-order valence-electron chi connectivity index (χ0n) is 13.7.